The van der Waals surface area contributed by atoms with Crippen molar-refractivity contribution in [2.24, 2.45) is 0 Å². The lowest BCUT2D eigenvalue weighted by Crippen LogP contribution is -2.39. The maximum atomic E-state index is 12.0. The molecule has 9 heteroatoms. The first-order chi connectivity index (χ1) is 12.9. The molecule has 0 aliphatic rings. The van der Waals surface area contributed by atoms with Crippen LogP contribution in [0.3, 0.4) is 0 Å². The predicted molar refractivity (Wildman–Crippen MR) is 103 cm³/mol. The van der Waals surface area contributed by atoms with Gasteiger partial charge in [-0.25, -0.2) is 0 Å². The van der Waals surface area contributed by atoms with E-state index in [-0.39, 0.29) is 30.3 Å². The second kappa shape index (κ2) is 10.2. The SMILES string of the molecule is O=C(CNC(=O)c1ccc(Cl)cc1Cl)NCC(=O)OCc1ccccc1Cl. The number of benzene rings is 2. The van der Waals surface area contributed by atoms with Gasteiger partial charge < -0.3 is 15.4 Å². The Bertz CT molecular complexity index is 858. The third kappa shape index (κ3) is 6.75. The normalized spacial score (nSPS) is 10.2. The van der Waals surface area contributed by atoms with Gasteiger partial charge in [-0.2, -0.15) is 0 Å². The minimum atomic E-state index is -0.629. The Balaban J connectivity index is 1.71. The lowest BCUT2D eigenvalue weighted by Gasteiger charge is -2.09. The monoisotopic (exact) mass is 428 g/mol. The van der Waals surface area contributed by atoms with Gasteiger partial charge in [-0.1, -0.05) is 53.0 Å². The first kappa shape index (κ1) is 21.0. The molecule has 142 valence electrons. The molecule has 0 bridgehead atoms. The molecule has 6 nitrogen and oxygen atoms in total. The van der Waals surface area contributed by atoms with Crippen molar-refractivity contribution in [2.75, 3.05) is 13.1 Å². The van der Waals surface area contributed by atoms with Gasteiger partial charge in [0.15, 0.2) is 0 Å². The number of amides is 2. The van der Waals surface area contributed by atoms with Gasteiger partial charge in [0.2, 0.25) is 5.91 Å². The lowest BCUT2D eigenvalue weighted by atomic mass is 10.2. The average molecular weight is 430 g/mol. The van der Waals surface area contributed by atoms with Crippen LogP contribution in [0.5, 0.6) is 0 Å². The fourth-order valence-corrected chi connectivity index (χ4v) is 2.67. The van der Waals surface area contributed by atoms with Gasteiger partial charge in [-0.15, -0.1) is 0 Å². The highest BCUT2D eigenvalue weighted by atomic mass is 35.5. The molecule has 2 N–H and O–H groups in total. The molecule has 0 radical (unpaired) electrons. The molecular formula is C18H15Cl3N2O4. The van der Waals surface area contributed by atoms with Gasteiger partial charge in [-0.05, 0) is 24.3 Å². The number of nitrogens with one attached hydrogen (secondary N) is 2. The molecule has 2 amide bonds. The molecule has 2 rings (SSSR count). The minimum absolute atomic E-state index is 0.000177. The second-order valence-corrected chi connectivity index (χ2v) is 6.59. The molecule has 0 aromatic heterocycles. The Labute approximate surface area is 170 Å². The van der Waals surface area contributed by atoms with Crippen LogP contribution in [-0.2, 0) is 20.9 Å². The quantitative estimate of drug-likeness (QED) is 0.662. The van der Waals surface area contributed by atoms with Gasteiger partial charge in [0.1, 0.15) is 13.2 Å². The summed E-state index contributed by atoms with van der Waals surface area (Å²) >= 11 is 17.6. The molecule has 0 unspecified atom stereocenters. The van der Waals surface area contributed by atoms with E-state index in [1.54, 1.807) is 24.3 Å². The number of hydrogen-bond acceptors (Lipinski definition) is 4. The van der Waals surface area contributed by atoms with E-state index in [0.717, 1.165) is 0 Å². The zero-order valence-corrected chi connectivity index (χ0v) is 16.2. The number of rotatable bonds is 7. The summed E-state index contributed by atoms with van der Waals surface area (Å²) in [6.45, 7) is -0.656. The Morgan fingerprint density at radius 2 is 1.63 bits per heavy atom. The number of ether oxygens (including phenoxy) is 1. The molecule has 0 saturated heterocycles. The summed E-state index contributed by atoms with van der Waals surface area (Å²) < 4.78 is 5.03. The van der Waals surface area contributed by atoms with Crippen LogP contribution in [0.15, 0.2) is 42.5 Å². The van der Waals surface area contributed by atoms with Crippen LogP contribution in [-0.4, -0.2) is 30.9 Å². The Morgan fingerprint density at radius 3 is 2.33 bits per heavy atom. The molecule has 0 saturated carbocycles. The van der Waals surface area contributed by atoms with Gasteiger partial charge in [0, 0.05) is 15.6 Å². The highest BCUT2D eigenvalue weighted by Gasteiger charge is 2.13. The molecule has 27 heavy (non-hydrogen) atoms. The van der Waals surface area contributed by atoms with Crippen molar-refractivity contribution in [3.63, 3.8) is 0 Å². The van der Waals surface area contributed by atoms with Gasteiger partial charge >= 0.3 is 5.97 Å². The maximum Gasteiger partial charge on any atom is 0.325 e. The highest BCUT2D eigenvalue weighted by Crippen LogP contribution is 2.20. The van der Waals surface area contributed by atoms with E-state index in [9.17, 15) is 14.4 Å². The smallest absolute Gasteiger partial charge is 0.325 e. The Morgan fingerprint density at radius 1 is 0.889 bits per heavy atom. The highest BCUT2D eigenvalue weighted by molar-refractivity contribution is 6.36. The molecule has 0 aliphatic heterocycles. The molecule has 2 aromatic carbocycles. The Kier molecular flexibility index (Phi) is 7.91. The number of halogens is 3. The molecular weight excluding hydrogens is 415 g/mol. The van der Waals surface area contributed by atoms with E-state index in [4.69, 9.17) is 39.5 Å². The molecule has 0 heterocycles. The van der Waals surface area contributed by atoms with E-state index in [1.165, 1.54) is 18.2 Å². The zero-order chi connectivity index (χ0) is 19.8. The summed E-state index contributed by atoms with van der Waals surface area (Å²) in [5.74, 6) is -1.72. The van der Waals surface area contributed by atoms with E-state index < -0.39 is 17.8 Å². The summed E-state index contributed by atoms with van der Waals surface area (Å²) in [5.41, 5.74) is 0.846. The van der Waals surface area contributed by atoms with Crippen LogP contribution >= 0.6 is 34.8 Å². The standard InChI is InChI=1S/C18H15Cl3N2O4/c19-12-5-6-13(15(21)7-12)18(26)23-8-16(24)22-9-17(25)27-10-11-3-1-2-4-14(11)20/h1-7H,8-10H2,(H,22,24)(H,23,26). The van der Waals surface area contributed by atoms with Gasteiger partial charge in [0.05, 0.1) is 17.1 Å². The Hall–Kier alpha value is -2.28. The van der Waals surface area contributed by atoms with Crippen LogP contribution in [0.2, 0.25) is 15.1 Å². The van der Waals surface area contributed by atoms with Gasteiger partial charge in [0.25, 0.3) is 5.91 Å². The molecule has 0 spiro atoms. The average Bonchev–Trinajstić information content (AvgIpc) is 2.63. The first-order valence-corrected chi connectivity index (χ1v) is 8.89. The number of esters is 1. The maximum absolute atomic E-state index is 12.0. The molecule has 2 aromatic rings. The van der Waals surface area contributed by atoms with E-state index in [1.807, 2.05) is 0 Å². The first-order valence-electron chi connectivity index (χ1n) is 7.76. The zero-order valence-electron chi connectivity index (χ0n) is 13.9. The molecule has 0 fully saturated rings. The lowest BCUT2D eigenvalue weighted by molar-refractivity contribution is -0.145. The predicted octanol–water partition coefficient (Wildman–Crippen LogP) is 3.24. The fourth-order valence-electron chi connectivity index (χ4n) is 1.99. The van der Waals surface area contributed by atoms with Crippen LogP contribution in [0.4, 0.5) is 0 Å². The number of hydrogen-bond donors (Lipinski definition) is 2. The van der Waals surface area contributed by atoms with E-state index in [0.29, 0.717) is 15.6 Å². The van der Waals surface area contributed by atoms with Crippen LogP contribution in [0.25, 0.3) is 0 Å². The largest absolute Gasteiger partial charge is 0.459 e. The van der Waals surface area contributed by atoms with Gasteiger partial charge in [-0.3, -0.25) is 14.4 Å². The summed E-state index contributed by atoms with van der Waals surface area (Å²) in [4.78, 5) is 35.4. The van der Waals surface area contributed by atoms with Crippen LogP contribution in [0.1, 0.15) is 15.9 Å². The summed E-state index contributed by atoms with van der Waals surface area (Å²) in [6.07, 6.45) is 0. The van der Waals surface area contributed by atoms with Crippen molar-refractivity contribution < 1.29 is 19.1 Å². The summed E-state index contributed by atoms with van der Waals surface area (Å²) in [6, 6.07) is 11.3. The topological polar surface area (TPSA) is 84.5 Å². The summed E-state index contributed by atoms with van der Waals surface area (Å²) in [7, 11) is 0. The second-order valence-electron chi connectivity index (χ2n) is 5.34. The van der Waals surface area contributed by atoms with Crippen molar-refractivity contribution in [2.45, 2.75) is 6.61 Å². The third-order valence-corrected chi connectivity index (χ3v) is 4.28. The summed E-state index contributed by atoms with van der Waals surface area (Å²) in [5, 5.41) is 5.80. The van der Waals surface area contributed by atoms with Crippen molar-refractivity contribution in [1.29, 1.82) is 0 Å². The van der Waals surface area contributed by atoms with E-state index >= 15 is 0 Å². The number of carbonyl (C=O) groups is 3. The van der Waals surface area contributed by atoms with Crippen molar-refractivity contribution in [1.82, 2.24) is 10.6 Å². The molecule has 0 aliphatic carbocycles. The third-order valence-electron chi connectivity index (χ3n) is 3.36. The minimum Gasteiger partial charge on any atom is -0.459 e. The van der Waals surface area contributed by atoms with Crippen molar-refractivity contribution in [3.8, 4) is 0 Å². The number of carbonyl (C=O) groups excluding carboxylic acids is 3. The van der Waals surface area contributed by atoms with Crippen molar-refractivity contribution >= 4 is 52.6 Å². The van der Waals surface area contributed by atoms with E-state index in [2.05, 4.69) is 10.6 Å². The van der Waals surface area contributed by atoms with Crippen LogP contribution in [0, 0.1) is 0 Å². The van der Waals surface area contributed by atoms with Crippen molar-refractivity contribution in [3.05, 3.63) is 68.7 Å². The molecule has 0 atom stereocenters. The fraction of sp³-hybridized carbons (Fsp3) is 0.167. The van der Waals surface area contributed by atoms with Crippen LogP contribution < -0.4 is 10.6 Å².